The maximum Gasteiger partial charge on any atom is 0.267 e. The molecule has 1 amide bonds. The van der Waals surface area contributed by atoms with Crippen LogP contribution in [-0.4, -0.2) is 59.5 Å². The molecule has 1 aliphatic carbocycles. The number of rotatable bonds is 7. The number of aromatic nitrogens is 2. The Labute approximate surface area is 221 Å². The van der Waals surface area contributed by atoms with Crippen LogP contribution in [0.2, 0.25) is 0 Å². The van der Waals surface area contributed by atoms with Gasteiger partial charge in [-0.25, -0.2) is 23.1 Å². The number of allylic oxidation sites excluding steroid dienone is 2. The van der Waals surface area contributed by atoms with E-state index >= 15 is 0 Å². The number of hydrogen-bond acceptors (Lipinski definition) is 5. The number of likely N-dealkylation sites (tertiary alicyclic amines) is 1. The average Bonchev–Trinajstić information content (AvgIpc) is 3.31. The second kappa shape index (κ2) is 11.3. The SMILES string of the molecule is CCc1cnc(N2CCC(COc3ccc(C4=CCC(C(=O)N5CCC(F)(F)C5)CC4)c(F)c3)CC2)nc1. The smallest absolute Gasteiger partial charge is 0.267 e. The first kappa shape index (κ1) is 26.5. The van der Waals surface area contributed by atoms with Crippen molar-refractivity contribution in [1.82, 2.24) is 14.9 Å². The van der Waals surface area contributed by atoms with Crippen LogP contribution in [0.1, 0.15) is 56.6 Å². The lowest BCUT2D eigenvalue weighted by Crippen LogP contribution is -2.36. The molecule has 9 heteroatoms. The Morgan fingerprint density at radius 2 is 1.89 bits per heavy atom. The molecule has 0 bridgehead atoms. The molecular formula is C29H35F3N4O2. The molecule has 5 rings (SSSR count). The van der Waals surface area contributed by atoms with Crippen molar-refractivity contribution in [2.24, 2.45) is 11.8 Å². The molecule has 1 aromatic heterocycles. The molecule has 0 radical (unpaired) electrons. The fourth-order valence-electron chi connectivity index (χ4n) is 5.54. The minimum Gasteiger partial charge on any atom is -0.493 e. The summed E-state index contributed by atoms with van der Waals surface area (Å²) in [5.74, 6) is -2.00. The minimum absolute atomic E-state index is 0.107. The number of benzene rings is 1. The summed E-state index contributed by atoms with van der Waals surface area (Å²) in [5.41, 5.74) is 2.49. The number of piperidine rings is 1. The Hall–Kier alpha value is -3.10. The van der Waals surface area contributed by atoms with Gasteiger partial charge < -0.3 is 14.5 Å². The third-order valence-corrected chi connectivity index (χ3v) is 8.01. The van der Waals surface area contributed by atoms with Crippen molar-refractivity contribution in [3.8, 4) is 5.75 Å². The van der Waals surface area contributed by atoms with Gasteiger partial charge in [0.15, 0.2) is 0 Å². The lowest BCUT2D eigenvalue weighted by atomic mass is 9.85. The number of alkyl halides is 2. The molecule has 38 heavy (non-hydrogen) atoms. The topological polar surface area (TPSA) is 58.6 Å². The molecule has 2 aliphatic heterocycles. The summed E-state index contributed by atoms with van der Waals surface area (Å²) in [6, 6.07) is 4.96. The van der Waals surface area contributed by atoms with E-state index < -0.39 is 12.5 Å². The first-order valence-corrected chi connectivity index (χ1v) is 13.7. The minimum atomic E-state index is -2.79. The average molecular weight is 529 g/mol. The van der Waals surface area contributed by atoms with Gasteiger partial charge in [-0.3, -0.25) is 4.79 Å². The number of carbonyl (C=O) groups excluding carboxylic acids is 1. The summed E-state index contributed by atoms with van der Waals surface area (Å²) in [7, 11) is 0. The van der Waals surface area contributed by atoms with Crippen LogP contribution in [0.15, 0.2) is 36.7 Å². The molecule has 204 valence electrons. The molecule has 0 N–H and O–H groups in total. The number of ether oxygens (including phenoxy) is 1. The second-order valence-electron chi connectivity index (χ2n) is 10.7. The van der Waals surface area contributed by atoms with E-state index in [1.165, 1.54) is 11.0 Å². The molecule has 6 nitrogen and oxygen atoms in total. The van der Waals surface area contributed by atoms with E-state index in [9.17, 15) is 18.0 Å². The number of carbonyl (C=O) groups is 1. The van der Waals surface area contributed by atoms with Crippen LogP contribution < -0.4 is 9.64 Å². The third-order valence-electron chi connectivity index (χ3n) is 8.01. The first-order chi connectivity index (χ1) is 18.3. The van der Waals surface area contributed by atoms with Gasteiger partial charge in [-0.05, 0) is 67.7 Å². The second-order valence-corrected chi connectivity index (χ2v) is 10.7. The van der Waals surface area contributed by atoms with Crippen molar-refractivity contribution in [1.29, 1.82) is 0 Å². The fourth-order valence-corrected chi connectivity index (χ4v) is 5.54. The van der Waals surface area contributed by atoms with Crippen molar-refractivity contribution in [2.75, 3.05) is 37.7 Å². The zero-order valence-electron chi connectivity index (χ0n) is 21.8. The summed E-state index contributed by atoms with van der Waals surface area (Å²) < 4.78 is 47.9. The lowest BCUT2D eigenvalue weighted by molar-refractivity contribution is -0.136. The van der Waals surface area contributed by atoms with E-state index in [-0.39, 0.29) is 30.6 Å². The normalized spacial score (nSPS) is 21.9. The van der Waals surface area contributed by atoms with Crippen molar-refractivity contribution >= 4 is 17.4 Å². The summed E-state index contributed by atoms with van der Waals surface area (Å²) in [4.78, 5) is 25.0. The molecule has 0 saturated carbocycles. The summed E-state index contributed by atoms with van der Waals surface area (Å²) in [6.07, 6.45) is 9.75. The van der Waals surface area contributed by atoms with Crippen LogP contribution in [-0.2, 0) is 11.2 Å². The van der Waals surface area contributed by atoms with Gasteiger partial charge >= 0.3 is 0 Å². The maximum atomic E-state index is 15.0. The highest BCUT2D eigenvalue weighted by molar-refractivity contribution is 5.81. The van der Waals surface area contributed by atoms with Crippen LogP contribution >= 0.6 is 0 Å². The Kier molecular flexibility index (Phi) is 7.91. The van der Waals surface area contributed by atoms with Gasteiger partial charge in [0.05, 0.1) is 13.2 Å². The molecule has 1 unspecified atom stereocenters. The first-order valence-electron chi connectivity index (χ1n) is 13.7. The van der Waals surface area contributed by atoms with Gasteiger partial charge in [0.1, 0.15) is 11.6 Å². The Balaban J connectivity index is 1.10. The molecule has 1 aromatic carbocycles. The molecule has 2 aromatic rings. The Morgan fingerprint density at radius 3 is 2.50 bits per heavy atom. The van der Waals surface area contributed by atoms with Gasteiger partial charge in [0.25, 0.3) is 5.92 Å². The molecule has 2 fully saturated rings. The predicted octanol–water partition coefficient (Wildman–Crippen LogP) is 5.52. The number of halogens is 3. The van der Waals surface area contributed by atoms with E-state index in [1.54, 1.807) is 12.1 Å². The fraction of sp³-hybridized carbons (Fsp3) is 0.552. The van der Waals surface area contributed by atoms with Gasteiger partial charge in [-0.2, -0.15) is 0 Å². The van der Waals surface area contributed by atoms with Gasteiger partial charge in [-0.15, -0.1) is 0 Å². The van der Waals surface area contributed by atoms with Gasteiger partial charge in [0.2, 0.25) is 11.9 Å². The quantitative estimate of drug-likeness (QED) is 0.473. The highest BCUT2D eigenvalue weighted by Crippen LogP contribution is 2.35. The molecule has 1 atom stereocenters. The maximum absolute atomic E-state index is 15.0. The highest BCUT2D eigenvalue weighted by Gasteiger charge is 2.42. The Bertz CT molecular complexity index is 1160. The number of amides is 1. The van der Waals surface area contributed by atoms with Gasteiger partial charge in [-0.1, -0.05) is 13.0 Å². The number of aryl methyl sites for hydroxylation is 1. The van der Waals surface area contributed by atoms with Crippen molar-refractivity contribution in [3.63, 3.8) is 0 Å². The van der Waals surface area contributed by atoms with Crippen molar-refractivity contribution < 1.29 is 22.7 Å². The number of nitrogens with zero attached hydrogens (tertiary/aromatic N) is 4. The molecule has 3 aliphatic rings. The van der Waals surface area contributed by atoms with Crippen LogP contribution in [0.5, 0.6) is 5.75 Å². The highest BCUT2D eigenvalue weighted by atomic mass is 19.3. The van der Waals surface area contributed by atoms with E-state index in [2.05, 4.69) is 21.8 Å². The predicted molar refractivity (Wildman–Crippen MR) is 140 cm³/mol. The zero-order chi connectivity index (χ0) is 26.7. The third kappa shape index (κ3) is 6.13. The van der Waals surface area contributed by atoms with Crippen molar-refractivity contribution in [3.05, 3.63) is 53.6 Å². The van der Waals surface area contributed by atoms with E-state index in [4.69, 9.17) is 4.74 Å². The summed E-state index contributed by atoms with van der Waals surface area (Å²) in [5, 5.41) is 0. The molecular weight excluding hydrogens is 493 g/mol. The van der Waals surface area contributed by atoms with Crippen LogP contribution in [0.3, 0.4) is 0 Å². The van der Waals surface area contributed by atoms with Crippen LogP contribution in [0.25, 0.3) is 5.57 Å². The van der Waals surface area contributed by atoms with E-state index in [0.717, 1.165) is 49.4 Å². The standard InChI is InChI=1S/C29H35F3N4O2/c1-2-20-16-33-28(34-17-20)35-12-9-21(10-13-35)18-38-24-7-8-25(26(30)15-24)22-3-5-23(6-4-22)27(37)36-14-11-29(31,32)19-36/h3,7-8,15-17,21,23H,2,4-6,9-14,18-19H2,1H3. The monoisotopic (exact) mass is 528 g/mol. The Morgan fingerprint density at radius 1 is 1.13 bits per heavy atom. The number of hydrogen-bond donors (Lipinski definition) is 0. The van der Waals surface area contributed by atoms with Gasteiger partial charge in [0, 0.05) is 56.0 Å². The summed E-state index contributed by atoms with van der Waals surface area (Å²) in [6.45, 7) is 3.96. The number of anilines is 1. The van der Waals surface area contributed by atoms with E-state index in [0.29, 0.717) is 43.1 Å². The van der Waals surface area contributed by atoms with Crippen LogP contribution in [0.4, 0.5) is 19.1 Å². The van der Waals surface area contributed by atoms with Crippen molar-refractivity contribution in [2.45, 2.75) is 57.8 Å². The molecule has 2 saturated heterocycles. The largest absolute Gasteiger partial charge is 0.493 e. The van der Waals surface area contributed by atoms with Crippen LogP contribution in [0, 0.1) is 17.7 Å². The lowest BCUT2D eigenvalue weighted by Gasteiger charge is -2.31. The molecule has 0 spiro atoms. The summed E-state index contributed by atoms with van der Waals surface area (Å²) >= 11 is 0. The molecule has 3 heterocycles. The van der Waals surface area contributed by atoms with E-state index in [1.807, 2.05) is 18.5 Å². The zero-order valence-corrected chi connectivity index (χ0v) is 21.8.